The van der Waals surface area contributed by atoms with E-state index in [1.54, 1.807) is 29.7 Å². The van der Waals surface area contributed by atoms with Crippen LogP contribution in [0.3, 0.4) is 0 Å². The van der Waals surface area contributed by atoms with E-state index in [1.807, 2.05) is 43.5 Å². The van der Waals surface area contributed by atoms with Crippen molar-refractivity contribution in [1.29, 1.82) is 0 Å². The van der Waals surface area contributed by atoms with E-state index < -0.39 is 0 Å². The number of nitrogens with zero attached hydrogens (tertiary/aromatic N) is 2. The summed E-state index contributed by atoms with van der Waals surface area (Å²) >= 11 is 1.64. The molecule has 4 aromatic heterocycles. The molecule has 5 N–H and O–H groups in total. The zero-order valence-electron chi connectivity index (χ0n) is 19.7. The summed E-state index contributed by atoms with van der Waals surface area (Å²) in [5.41, 5.74) is 12.9. The number of aryl methyl sites for hydroxylation is 1. The molecule has 0 aliphatic heterocycles. The number of nitrogens with one attached hydrogen (secondary N) is 2. The molecule has 8 heteroatoms. The van der Waals surface area contributed by atoms with Gasteiger partial charge in [-0.15, -0.1) is 11.3 Å². The van der Waals surface area contributed by atoms with Gasteiger partial charge in [-0.3, -0.25) is 10.1 Å². The molecule has 36 heavy (non-hydrogen) atoms. The second-order valence-electron chi connectivity index (χ2n) is 8.88. The largest absolute Gasteiger partial charge is 0.507 e. The second kappa shape index (κ2) is 9.14. The molecule has 2 aromatic carbocycles. The maximum atomic E-state index is 10.5. The van der Waals surface area contributed by atoms with Crippen LogP contribution in [0, 0.1) is 6.92 Å². The summed E-state index contributed by atoms with van der Waals surface area (Å²) in [6, 6.07) is 19.3. The Bertz CT molecular complexity index is 1680. The fourth-order valence-electron chi connectivity index (χ4n) is 4.52. The van der Waals surface area contributed by atoms with E-state index in [2.05, 4.69) is 33.4 Å². The van der Waals surface area contributed by atoms with Crippen LogP contribution in [0.4, 0.5) is 0 Å². The maximum Gasteiger partial charge on any atom is 0.138 e. The molecule has 0 amide bonds. The molecule has 6 rings (SSSR count). The van der Waals surface area contributed by atoms with E-state index in [9.17, 15) is 5.11 Å². The van der Waals surface area contributed by atoms with Gasteiger partial charge in [0, 0.05) is 39.1 Å². The Morgan fingerprint density at radius 3 is 2.75 bits per heavy atom. The predicted octanol–water partition coefficient (Wildman–Crippen LogP) is 5.80. The van der Waals surface area contributed by atoms with Gasteiger partial charge in [0.15, 0.2) is 0 Å². The molecule has 0 spiro atoms. The van der Waals surface area contributed by atoms with Gasteiger partial charge in [-0.1, -0.05) is 30.3 Å². The second-order valence-corrected chi connectivity index (χ2v) is 9.93. The van der Waals surface area contributed by atoms with Crippen molar-refractivity contribution < 1.29 is 9.84 Å². The summed E-state index contributed by atoms with van der Waals surface area (Å²) in [6.07, 6.45) is 4.40. The molecule has 1 atom stereocenters. The lowest BCUT2D eigenvalue weighted by molar-refractivity contribution is 0.287. The van der Waals surface area contributed by atoms with Crippen LogP contribution in [0.25, 0.3) is 42.8 Å². The summed E-state index contributed by atoms with van der Waals surface area (Å²) in [6.45, 7) is 2.33. The van der Waals surface area contributed by atoms with Crippen molar-refractivity contribution >= 4 is 32.5 Å². The first-order valence-corrected chi connectivity index (χ1v) is 12.5. The Balaban J connectivity index is 1.29. The third-order valence-electron chi connectivity index (χ3n) is 6.31. The summed E-state index contributed by atoms with van der Waals surface area (Å²) in [4.78, 5) is 9.02. The molecule has 6 aromatic rings. The van der Waals surface area contributed by atoms with Crippen LogP contribution < -0.4 is 10.5 Å². The average molecular weight is 496 g/mol. The maximum absolute atomic E-state index is 10.5. The van der Waals surface area contributed by atoms with Gasteiger partial charge in [-0.05, 0) is 49.2 Å². The van der Waals surface area contributed by atoms with Crippen molar-refractivity contribution in [3.05, 3.63) is 84.3 Å². The van der Waals surface area contributed by atoms with Crippen LogP contribution in [-0.2, 0) is 6.42 Å². The molecule has 180 valence electrons. The van der Waals surface area contributed by atoms with Gasteiger partial charge in [0.05, 0.1) is 27.8 Å². The van der Waals surface area contributed by atoms with E-state index in [0.29, 0.717) is 30.0 Å². The summed E-state index contributed by atoms with van der Waals surface area (Å²) in [5.74, 6) is 0.811. The minimum absolute atomic E-state index is 0.181. The van der Waals surface area contributed by atoms with Crippen LogP contribution in [0.1, 0.15) is 11.3 Å². The first-order valence-electron chi connectivity index (χ1n) is 11.7. The van der Waals surface area contributed by atoms with Crippen LogP contribution in [0.5, 0.6) is 11.5 Å². The predicted molar refractivity (Wildman–Crippen MR) is 145 cm³/mol. The lowest BCUT2D eigenvalue weighted by Gasteiger charge is -2.15. The molecule has 0 radical (unpaired) electrons. The minimum Gasteiger partial charge on any atom is -0.507 e. The smallest absolute Gasteiger partial charge is 0.138 e. The standard InChI is InChI=1S/C28H25N5O2S/c1-16-28-24(33-32-16)12-26(36-28)22-11-19(14-31-27(22)21-7-3-5-9-25(21)34)35-15-18(29)10-17-13-30-23-8-4-2-6-20(17)23/h2-9,11-14,18,30,34H,10,15,29H2,1H3,(H,32,33)/t18-/m0/s1. The number of H-pyrrole nitrogens is 2. The Kier molecular flexibility index (Phi) is 5.67. The van der Waals surface area contributed by atoms with Crippen LogP contribution in [0.15, 0.2) is 73.1 Å². The summed E-state index contributed by atoms with van der Waals surface area (Å²) < 4.78 is 7.21. The molecule has 0 aliphatic rings. The number of fused-ring (bicyclic) bond motifs is 2. The number of hydrogen-bond acceptors (Lipinski definition) is 6. The lowest BCUT2D eigenvalue weighted by atomic mass is 10.0. The number of rotatable bonds is 7. The molecular weight excluding hydrogens is 470 g/mol. The quantitative estimate of drug-likeness (QED) is 0.224. The van der Waals surface area contributed by atoms with Crippen molar-refractivity contribution in [2.45, 2.75) is 19.4 Å². The average Bonchev–Trinajstić information content (AvgIpc) is 3.59. The number of hydrogen-bond donors (Lipinski definition) is 4. The highest BCUT2D eigenvalue weighted by Gasteiger charge is 2.18. The fourth-order valence-corrected chi connectivity index (χ4v) is 5.59. The molecule has 0 fully saturated rings. The number of ether oxygens (including phenoxy) is 1. The van der Waals surface area contributed by atoms with Crippen molar-refractivity contribution in [2.75, 3.05) is 6.61 Å². The minimum atomic E-state index is -0.181. The number of aromatic nitrogens is 4. The Morgan fingerprint density at radius 1 is 1.06 bits per heavy atom. The Labute approximate surface area is 211 Å². The Hall–Kier alpha value is -4.14. The van der Waals surface area contributed by atoms with E-state index in [4.69, 9.17) is 15.5 Å². The molecule has 0 saturated carbocycles. The first kappa shape index (κ1) is 22.3. The number of aromatic hydroxyl groups is 1. The van der Waals surface area contributed by atoms with Gasteiger partial charge < -0.3 is 20.6 Å². The van der Waals surface area contributed by atoms with E-state index in [0.717, 1.165) is 31.9 Å². The number of para-hydroxylation sites is 2. The molecule has 0 bridgehead atoms. The van der Waals surface area contributed by atoms with Gasteiger partial charge in [0.25, 0.3) is 0 Å². The van der Waals surface area contributed by atoms with Gasteiger partial charge >= 0.3 is 0 Å². The third kappa shape index (κ3) is 4.10. The van der Waals surface area contributed by atoms with Crippen molar-refractivity contribution in [3.8, 4) is 33.2 Å². The van der Waals surface area contributed by atoms with Gasteiger partial charge in [0.1, 0.15) is 18.1 Å². The van der Waals surface area contributed by atoms with Crippen molar-refractivity contribution in [3.63, 3.8) is 0 Å². The highest BCUT2D eigenvalue weighted by molar-refractivity contribution is 7.22. The number of aromatic amines is 2. The number of phenols is 1. The first-order chi connectivity index (χ1) is 17.6. The van der Waals surface area contributed by atoms with Crippen LogP contribution >= 0.6 is 11.3 Å². The van der Waals surface area contributed by atoms with Gasteiger partial charge in [-0.2, -0.15) is 5.10 Å². The molecule has 0 aliphatic carbocycles. The lowest BCUT2D eigenvalue weighted by Crippen LogP contribution is -2.30. The molecule has 7 nitrogen and oxygen atoms in total. The fraction of sp³-hybridized carbons (Fsp3) is 0.143. The monoisotopic (exact) mass is 495 g/mol. The van der Waals surface area contributed by atoms with E-state index in [-0.39, 0.29) is 11.8 Å². The molecule has 0 saturated heterocycles. The SMILES string of the molecule is Cc1n[nH]c2cc(-c3cc(OC[C@@H](N)Cc4c[nH]c5ccccc45)cnc3-c3ccccc3O)sc12. The normalized spacial score (nSPS) is 12.4. The summed E-state index contributed by atoms with van der Waals surface area (Å²) in [5, 5.41) is 19.1. The molecule has 4 heterocycles. The van der Waals surface area contributed by atoms with Gasteiger partial charge in [-0.25, -0.2) is 0 Å². The zero-order chi connectivity index (χ0) is 24.6. The van der Waals surface area contributed by atoms with E-state index in [1.165, 1.54) is 10.9 Å². The highest BCUT2D eigenvalue weighted by atomic mass is 32.1. The number of nitrogens with two attached hydrogens (primary N) is 1. The number of pyridine rings is 1. The number of benzene rings is 2. The molecular formula is C28H25N5O2S. The van der Waals surface area contributed by atoms with Crippen LogP contribution in [-0.4, -0.2) is 37.9 Å². The van der Waals surface area contributed by atoms with Gasteiger partial charge in [0.2, 0.25) is 0 Å². The van der Waals surface area contributed by atoms with Crippen LogP contribution in [0.2, 0.25) is 0 Å². The van der Waals surface area contributed by atoms with E-state index >= 15 is 0 Å². The topological polar surface area (TPSA) is 113 Å². The van der Waals surface area contributed by atoms with Crippen molar-refractivity contribution in [2.24, 2.45) is 5.73 Å². The zero-order valence-corrected chi connectivity index (χ0v) is 20.5. The summed E-state index contributed by atoms with van der Waals surface area (Å²) in [7, 11) is 0. The third-order valence-corrected chi connectivity index (χ3v) is 7.59. The number of phenolic OH excluding ortho intramolecular Hbond substituents is 1. The number of thiophene rings is 1. The molecule has 0 unspecified atom stereocenters. The highest BCUT2D eigenvalue weighted by Crippen LogP contribution is 2.41. The van der Waals surface area contributed by atoms with Crippen molar-refractivity contribution in [1.82, 2.24) is 20.2 Å². The Morgan fingerprint density at radius 2 is 1.89 bits per heavy atom.